The van der Waals surface area contributed by atoms with Crippen molar-refractivity contribution in [2.24, 2.45) is 0 Å². The minimum absolute atomic E-state index is 0.912. The summed E-state index contributed by atoms with van der Waals surface area (Å²) >= 11 is 1.66. The minimum Gasteiger partial charge on any atom is -0.496 e. The van der Waals surface area contributed by atoms with Gasteiger partial charge in [-0.2, -0.15) is 0 Å². The minimum atomic E-state index is 0.912. The molecule has 86 valence electrons. The Bertz CT molecular complexity index is 491. The highest BCUT2D eigenvalue weighted by Gasteiger charge is 1.98. The van der Waals surface area contributed by atoms with Gasteiger partial charge in [0.05, 0.1) is 12.0 Å². The van der Waals surface area contributed by atoms with Gasteiger partial charge in [-0.15, -0.1) is 0 Å². The van der Waals surface area contributed by atoms with Crippen molar-refractivity contribution >= 4 is 17.8 Å². The van der Waals surface area contributed by atoms with Crippen molar-refractivity contribution < 1.29 is 4.74 Å². The first kappa shape index (κ1) is 11.8. The van der Waals surface area contributed by atoms with E-state index in [-0.39, 0.29) is 0 Å². The van der Waals surface area contributed by atoms with E-state index in [2.05, 4.69) is 29.7 Å². The van der Waals surface area contributed by atoms with Crippen molar-refractivity contribution in [2.45, 2.75) is 4.90 Å². The number of methoxy groups -OCH3 is 1. The second-order valence-electron chi connectivity index (χ2n) is 3.48. The van der Waals surface area contributed by atoms with Crippen LogP contribution in [0.2, 0.25) is 0 Å². The van der Waals surface area contributed by atoms with Gasteiger partial charge in [0, 0.05) is 0 Å². The number of hydrogen-bond donors (Lipinski definition) is 0. The molecular formula is C15H14OS. The van der Waals surface area contributed by atoms with Crippen LogP contribution in [0.15, 0.2) is 64.9 Å². The van der Waals surface area contributed by atoms with E-state index in [1.165, 1.54) is 5.56 Å². The van der Waals surface area contributed by atoms with Gasteiger partial charge in [0.1, 0.15) is 5.75 Å². The average molecular weight is 242 g/mol. The van der Waals surface area contributed by atoms with Gasteiger partial charge in [0.25, 0.3) is 0 Å². The van der Waals surface area contributed by atoms with Crippen molar-refractivity contribution in [2.75, 3.05) is 7.11 Å². The van der Waals surface area contributed by atoms with Crippen LogP contribution >= 0.6 is 11.8 Å². The maximum atomic E-state index is 5.29. The van der Waals surface area contributed by atoms with E-state index >= 15 is 0 Å². The number of thioether (sulfide) groups is 1. The number of benzene rings is 2. The molecule has 0 radical (unpaired) electrons. The topological polar surface area (TPSA) is 9.23 Å². The summed E-state index contributed by atoms with van der Waals surface area (Å²) in [6, 6.07) is 18.3. The Morgan fingerprint density at radius 3 is 2.41 bits per heavy atom. The van der Waals surface area contributed by atoms with Crippen LogP contribution in [0.4, 0.5) is 0 Å². The van der Waals surface area contributed by atoms with E-state index in [9.17, 15) is 0 Å². The highest BCUT2D eigenvalue weighted by Crippen LogP contribution is 2.29. The van der Waals surface area contributed by atoms with Gasteiger partial charge in [-0.1, -0.05) is 54.2 Å². The molecule has 2 heteroatoms. The number of hydrogen-bond acceptors (Lipinski definition) is 2. The molecule has 2 aromatic carbocycles. The molecule has 0 spiro atoms. The molecule has 0 aromatic heterocycles. The Kier molecular flexibility index (Phi) is 4.28. The van der Waals surface area contributed by atoms with Gasteiger partial charge in [-0.3, -0.25) is 0 Å². The Morgan fingerprint density at radius 2 is 1.65 bits per heavy atom. The van der Waals surface area contributed by atoms with Crippen LogP contribution in [-0.2, 0) is 0 Å². The third-order valence-electron chi connectivity index (χ3n) is 2.32. The zero-order valence-electron chi connectivity index (χ0n) is 9.67. The monoisotopic (exact) mass is 242 g/mol. The number of para-hydroxylation sites is 1. The molecule has 2 rings (SSSR count). The second-order valence-corrected chi connectivity index (χ2v) is 4.43. The summed E-state index contributed by atoms with van der Waals surface area (Å²) < 4.78 is 5.29. The van der Waals surface area contributed by atoms with Crippen LogP contribution in [0, 0.1) is 0 Å². The van der Waals surface area contributed by atoms with E-state index in [0.717, 1.165) is 10.6 Å². The van der Waals surface area contributed by atoms with Gasteiger partial charge in [0.15, 0.2) is 0 Å². The number of ether oxygens (including phenoxy) is 1. The Morgan fingerprint density at radius 1 is 0.941 bits per heavy atom. The highest BCUT2D eigenvalue weighted by molar-refractivity contribution is 8.02. The molecule has 17 heavy (non-hydrogen) atoms. The molecule has 0 saturated heterocycles. The summed E-state index contributed by atoms with van der Waals surface area (Å²) in [6.07, 6.45) is 2.09. The first-order valence-corrected chi connectivity index (χ1v) is 6.29. The van der Waals surface area contributed by atoms with E-state index in [1.807, 2.05) is 36.4 Å². The third-order valence-corrected chi connectivity index (χ3v) is 3.19. The average Bonchev–Trinajstić information content (AvgIpc) is 2.40. The van der Waals surface area contributed by atoms with Crippen LogP contribution in [0.3, 0.4) is 0 Å². The van der Waals surface area contributed by atoms with Crippen molar-refractivity contribution in [1.82, 2.24) is 0 Å². The zero-order chi connectivity index (χ0) is 11.9. The van der Waals surface area contributed by atoms with Crippen LogP contribution in [0.5, 0.6) is 5.75 Å². The highest BCUT2D eigenvalue weighted by atomic mass is 32.2. The van der Waals surface area contributed by atoms with E-state index in [1.54, 1.807) is 18.9 Å². The second kappa shape index (κ2) is 6.16. The van der Waals surface area contributed by atoms with E-state index in [0.29, 0.717) is 0 Å². The Balaban J connectivity index is 2.05. The smallest absolute Gasteiger partial charge is 0.132 e. The largest absolute Gasteiger partial charge is 0.496 e. The molecule has 0 saturated carbocycles. The van der Waals surface area contributed by atoms with Gasteiger partial charge in [-0.05, 0) is 29.2 Å². The Hall–Kier alpha value is -1.67. The molecule has 0 aliphatic heterocycles. The molecule has 1 nitrogen and oxygen atoms in total. The molecule has 0 heterocycles. The molecule has 0 atom stereocenters. The fraction of sp³-hybridized carbons (Fsp3) is 0.0667. The quantitative estimate of drug-likeness (QED) is 0.732. The molecule has 0 amide bonds. The summed E-state index contributed by atoms with van der Waals surface area (Å²) in [7, 11) is 1.69. The molecule has 0 aliphatic carbocycles. The maximum Gasteiger partial charge on any atom is 0.132 e. The first-order valence-electron chi connectivity index (χ1n) is 5.41. The van der Waals surface area contributed by atoms with Crippen molar-refractivity contribution in [3.05, 3.63) is 65.6 Å². The summed E-state index contributed by atoms with van der Waals surface area (Å²) in [6.45, 7) is 0. The number of rotatable bonds is 4. The van der Waals surface area contributed by atoms with Crippen LogP contribution in [-0.4, -0.2) is 7.11 Å². The van der Waals surface area contributed by atoms with Crippen molar-refractivity contribution in [3.63, 3.8) is 0 Å². The molecule has 0 fully saturated rings. The lowest BCUT2D eigenvalue weighted by atomic mass is 10.2. The summed E-state index contributed by atoms with van der Waals surface area (Å²) in [5.41, 5.74) is 1.20. The standard InChI is InChI=1S/C15H14OS/c1-16-14-9-5-6-10-15(14)17-12-11-13-7-3-2-4-8-13/h2-12H,1H3/b12-11+. The summed E-state index contributed by atoms with van der Waals surface area (Å²) in [5, 5.41) is 2.08. The normalized spacial score (nSPS) is 10.6. The molecule has 0 unspecified atom stereocenters. The van der Waals surface area contributed by atoms with Gasteiger partial charge in [-0.25, -0.2) is 0 Å². The summed E-state index contributed by atoms with van der Waals surface area (Å²) in [4.78, 5) is 1.13. The van der Waals surface area contributed by atoms with Crippen molar-refractivity contribution in [3.8, 4) is 5.75 Å². The van der Waals surface area contributed by atoms with Gasteiger partial charge >= 0.3 is 0 Å². The zero-order valence-corrected chi connectivity index (χ0v) is 10.5. The third kappa shape index (κ3) is 3.40. The van der Waals surface area contributed by atoms with Crippen LogP contribution < -0.4 is 4.74 Å². The lowest BCUT2D eigenvalue weighted by Gasteiger charge is -2.04. The molecule has 0 N–H and O–H groups in total. The predicted octanol–water partition coefficient (Wildman–Crippen LogP) is 4.46. The van der Waals surface area contributed by atoms with Crippen molar-refractivity contribution in [1.29, 1.82) is 0 Å². The van der Waals surface area contributed by atoms with E-state index in [4.69, 9.17) is 4.74 Å². The first-order chi connectivity index (χ1) is 8.40. The fourth-order valence-electron chi connectivity index (χ4n) is 1.47. The molecule has 0 aliphatic rings. The van der Waals surface area contributed by atoms with Gasteiger partial charge in [0.2, 0.25) is 0 Å². The molecule has 2 aromatic rings. The van der Waals surface area contributed by atoms with Crippen LogP contribution in [0.25, 0.3) is 6.08 Å². The molecular weight excluding hydrogens is 228 g/mol. The maximum absolute atomic E-state index is 5.29. The predicted molar refractivity (Wildman–Crippen MR) is 74.3 cm³/mol. The lowest BCUT2D eigenvalue weighted by Crippen LogP contribution is -1.83. The van der Waals surface area contributed by atoms with E-state index < -0.39 is 0 Å². The lowest BCUT2D eigenvalue weighted by molar-refractivity contribution is 0.405. The van der Waals surface area contributed by atoms with Crippen LogP contribution in [0.1, 0.15) is 5.56 Å². The fourth-order valence-corrected chi connectivity index (χ4v) is 2.26. The molecule has 0 bridgehead atoms. The summed E-state index contributed by atoms with van der Waals surface area (Å²) in [5.74, 6) is 0.912. The van der Waals surface area contributed by atoms with Gasteiger partial charge < -0.3 is 4.74 Å². The Labute approximate surface area is 106 Å². The SMILES string of the molecule is COc1ccccc1S/C=C/c1ccccc1.